The van der Waals surface area contributed by atoms with Gasteiger partial charge in [-0.15, -0.1) is 0 Å². The van der Waals surface area contributed by atoms with Crippen LogP contribution >= 0.6 is 0 Å². The first-order valence-corrected chi connectivity index (χ1v) is 5.39. The summed E-state index contributed by atoms with van der Waals surface area (Å²) in [6.45, 7) is 4.95. The molecule has 1 amide bonds. The fraction of sp³-hybridized carbons (Fsp3) is 0.333. The number of phenolic OH excluding ortho intramolecular Hbond substituents is 2. The zero-order chi connectivity index (χ0) is 14.8. The molecule has 0 aromatic heterocycles. The highest BCUT2D eigenvalue weighted by atomic mass is 16.6. The van der Waals surface area contributed by atoms with E-state index < -0.39 is 29.2 Å². The number of aromatic carboxylic acids is 1. The first-order chi connectivity index (χ1) is 8.60. The lowest BCUT2D eigenvalue weighted by Crippen LogP contribution is -2.27. The van der Waals surface area contributed by atoms with Crippen molar-refractivity contribution in [3.8, 4) is 11.5 Å². The number of carboxylic acids is 1. The fourth-order valence-electron chi connectivity index (χ4n) is 1.25. The number of hydrogen-bond donors (Lipinski definition) is 4. The van der Waals surface area contributed by atoms with Gasteiger partial charge in [0.05, 0.1) is 11.3 Å². The monoisotopic (exact) mass is 269 g/mol. The number of hydrogen-bond acceptors (Lipinski definition) is 5. The molecule has 7 heteroatoms. The van der Waals surface area contributed by atoms with Crippen LogP contribution in [0.2, 0.25) is 0 Å². The molecule has 1 aromatic rings. The van der Waals surface area contributed by atoms with Crippen LogP contribution in [-0.4, -0.2) is 33.0 Å². The molecule has 0 radical (unpaired) electrons. The molecule has 1 aromatic carbocycles. The molecule has 4 N–H and O–H groups in total. The first-order valence-electron chi connectivity index (χ1n) is 5.39. The van der Waals surface area contributed by atoms with E-state index in [-0.39, 0.29) is 11.3 Å². The summed E-state index contributed by atoms with van der Waals surface area (Å²) in [5.41, 5.74) is -1.26. The normalized spacial score (nSPS) is 10.9. The number of anilines is 1. The molecule has 7 nitrogen and oxygen atoms in total. The number of benzene rings is 1. The van der Waals surface area contributed by atoms with Crippen LogP contribution in [0.15, 0.2) is 12.1 Å². The number of carbonyl (C=O) groups is 2. The summed E-state index contributed by atoms with van der Waals surface area (Å²) >= 11 is 0. The molecule has 0 bridgehead atoms. The van der Waals surface area contributed by atoms with E-state index in [0.29, 0.717) is 0 Å². The van der Waals surface area contributed by atoms with E-state index in [9.17, 15) is 19.8 Å². The lowest BCUT2D eigenvalue weighted by atomic mass is 10.1. The minimum Gasteiger partial charge on any atom is -0.504 e. The maximum absolute atomic E-state index is 11.5. The van der Waals surface area contributed by atoms with Crippen LogP contribution in [0, 0.1) is 0 Å². The Labute approximate surface area is 109 Å². The first kappa shape index (κ1) is 14.6. The third-order valence-electron chi connectivity index (χ3n) is 1.97. The number of nitrogens with one attached hydrogen (secondary N) is 1. The topological polar surface area (TPSA) is 116 Å². The highest BCUT2D eigenvalue weighted by Crippen LogP contribution is 2.34. The van der Waals surface area contributed by atoms with E-state index in [1.807, 2.05) is 0 Å². The van der Waals surface area contributed by atoms with Crippen LogP contribution in [-0.2, 0) is 4.74 Å². The number of carboxylic acid groups (broad SMARTS) is 1. The Morgan fingerprint density at radius 1 is 1.21 bits per heavy atom. The van der Waals surface area contributed by atoms with Gasteiger partial charge in [-0.3, -0.25) is 5.32 Å². The van der Waals surface area contributed by atoms with Crippen LogP contribution < -0.4 is 5.32 Å². The van der Waals surface area contributed by atoms with Crippen molar-refractivity contribution < 1.29 is 29.6 Å². The largest absolute Gasteiger partial charge is 0.504 e. The number of amides is 1. The number of carbonyl (C=O) groups excluding carboxylic acids is 1. The minimum atomic E-state index is -1.30. The van der Waals surface area contributed by atoms with Gasteiger partial charge in [0.25, 0.3) is 0 Å². The second kappa shape index (κ2) is 5.05. The summed E-state index contributed by atoms with van der Waals surface area (Å²) in [4.78, 5) is 22.3. The molecule has 19 heavy (non-hydrogen) atoms. The summed E-state index contributed by atoms with van der Waals surface area (Å²) in [5, 5.41) is 29.9. The van der Waals surface area contributed by atoms with Crippen molar-refractivity contribution in [1.82, 2.24) is 0 Å². The van der Waals surface area contributed by atoms with Gasteiger partial charge in [-0.25, -0.2) is 9.59 Å². The van der Waals surface area contributed by atoms with Gasteiger partial charge in [-0.2, -0.15) is 0 Å². The van der Waals surface area contributed by atoms with Gasteiger partial charge < -0.3 is 20.1 Å². The van der Waals surface area contributed by atoms with E-state index in [0.717, 1.165) is 12.1 Å². The highest BCUT2D eigenvalue weighted by molar-refractivity contribution is 5.94. The molecular formula is C12H15NO6. The lowest BCUT2D eigenvalue weighted by molar-refractivity contribution is 0.0632. The van der Waals surface area contributed by atoms with Crippen molar-refractivity contribution in [2.45, 2.75) is 26.4 Å². The Hall–Kier alpha value is -2.44. The number of rotatable bonds is 2. The minimum absolute atomic E-state index is 0.244. The van der Waals surface area contributed by atoms with E-state index in [1.54, 1.807) is 20.8 Å². The van der Waals surface area contributed by atoms with Gasteiger partial charge in [-0.05, 0) is 32.9 Å². The third-order valence-corrected chi connectivity index (χ3v) is 1.97. The third kappa shape index (κ3) is 4.06. The molecule has 0 aliphatic carbocycles. The van der Waals surface area contributed by atoms with E-state index in [2.05, 4.69) is 5.32 Å². The Morgan fingerprint density at radius 2 is 1.79 bits per heavy atom. The predicted octanol–water partition coefficient (Wildman–Crippen LogP) is 2.14. The second-order valence-corrected chi connectivity index (χ2v) is 4.82. The zero-order valence-electron chi connectivity index (χ0n) is 10.7. The molecule has 0 fully saturated rings. The van der Waals surface area contributed by atoms with Crippen molar-refractivity contribution in [3.05, 3.63) is 17.7 Å². The number of phenols is 2. The van der Waals surface area contributed by atoms with Gasteiger partial charge in [0.2, 0.25) is 0 Å². The summed E-state index contributed by atoms with van der Waals surface area (Å²) in [6, 6.07) is 1.89. The smallest absolute Gasteiger partial charge is 0.412 e. The molecule has 0 saturated heterocycles. The maximum atomic E-state index is 11.5. The quantitative estimate of drug-likeness (QED) is 0.611. The van der Waals surface area contributed by atoms with Crippen LogP contribution in [0.4, 0.5) is 10.5 Å². The average molecular weight is 269 g/mol. The summed E-state index contributed by atoms with van der Waals surface area (Å²) in [7, 11) is 0. The molecular weight excluding hydrogens is 254 g/mol. The van der Waals surface area contributed by atoms with Crippen molar-refractivity contribution in [1.29, 1.82) is 0 Å². The lowest BCUT2D eigenvalue weighted by Gasteiger charge is -2.20. The van der Waals surface area contributed by atoms with Crippen LogP contribution in [0.1, 0.15) is 31.1 Å². The fourth-order valence-corrected chi connectivity index (χ4v) is 1.25. The second-order valence-electron chi connectivity index (χ2n) is 4.82. The number of ether oxygens (including phenoxy) is 1. The maximum Gasteiger partial charge on any atom is 0.412 e. The molecule has 0 saturated carbocycles. The Bertz CT molecular complexity index is 518. The van der Waals surface area contributed by atoms with Crippen LogP contribution in [0.25, 0.3) is 0 Å². The number of aromatic hydroxyl groups is 2. The average Bonchev–Trinajstić information content (AvgIpc) is 2.21. The summed E-state index contributed by atoms with van der Waals surface area (Å²) in [5.74, 6) is -2.58. The molecule has 0 heterocycles. The molecule has 0 aliphatic rings. The van der Waals surface area contributed by atoms with Crippen molar-refractivity contribution in [2.24, 2.45) is 0 Å². The van der Waals surface area contributed by atoms with Crippen molar-refractivity contribution >= 4 is 17.7 Å². The van der Waals surface area contributed by atoms with Crippen LogP contribution in [0.3, 0.4) is 0 Å². The van der Waals surface area contributed by atoms with E-state index in [4.69, 9.17) is 9.84 Å². The van der Waals surface area contributed by atoms with Gasteiger partial charge >= 0.3 is 12.1 Å². The van der Waals surface area contributed by atoms with Gasteiger partial charge in [0.15, 0.2) is 11.5 Å². The molecule has 104 valence electrons. The van der Waals surface area contributed by atoms with Gasteiger partial charge in [0.1, 0.15) is 5.60 Å². The van der Waals surface area contributed by atoms with E-state index in [1.165, 1.54) is 0 Å². The van der Waals surface area contributed by atoms with Gasteiger partial charge in [0, 0.05) is 0 Å². The van der Waals surface area contributed by atoms with Gasteiger partial charge in [-0.1, -0.05) is 0 Å². The summed E-state index contributed by atoms with van der Waals surface area (Å²) < 4.78 is 4.95. The zero-order valence-corrected chi connectivity index (χ0v) is 10.7. The Balaban J connectivity index is 3.01. The SMILES string of the molecule is CC(C)(C)OC(=O)Nc1cc(C(=O)O)cc(O)c1O. The molecule has 0 aliphatic heterocycles. The van der Waals surface area contributed by atoms with Crippen molar-refractivity contribution in [3.63, 3.8) is 0 Å². The molecule has 0 atom stereocenters. The molecule has 0 spiro atoms. The Kier molecular flexibility index (Phi) is 3.89. The van der Waals surface area contributed by atoms with E-state index >= 15 is 0 Å². The molecule has 1 rings (SSSR count). The van der Waals surface area contributed by atoms with Crippen LogP contribution in [0.5, 0.6) is 11.5 Å². The standard InChI is InChI=1S/C12H15NO6/c1-12(2,3)19-11(18)13-7-4-6(10(16)17)5-8(14)9(7)15/h4-5,14-15H,1-3H3,(H,13,18)(H,16,17). The van der Waals surface area contributed by atoms with Crippen molar-refractivity contribution in [2.75, 3.05) is 5.32 Å². The summed E-state index contributed by atoms with van der Waals surface area (Å²) in [6.07, 6.45) is -0.871. The molecule has 0 unspecified atom stereocenters. The highest BCUT2D eigenvalue weighted by Gasteiger charge is 2.19. The predicted molar refractivity (Wildman–Crippen MR) is 66.6 cm³/mol. The Morgan fingerprint density at radius 3 is 2.26 bits per heavy atom.